The molecule has 1 aromatic heterocycles. The topological polar surface area (TPSA) is 60.2 Å². The van der Waals surface area contributed by atoms with Gasteiger partial charge in [0.15, 0.2) is 0 Å². The molecule has 3 atom stereocenters. The van der Waals surface area contributed by atoms with Gasteiger partial charge in [-0.05, 0) is 37.8 Å². The van der Waals surface area contributed by atoms with Crippen molar-refractivity contribution in [1.29, 1.82) is 5.26 Å². The molecule has 2 heterocycles. The number of hydrogen-bond acceptors (Lipinski definition) is 4. The summed E-state index contributed by atoms with van der Waals surface area (Å²) in [5, 5.41) is 19.1. The molecule has 0 spiro atoms. The van der Waals surface area contributed by atoms with E-state index in [1.807, 2.05) is 19.1 Å². The van der Waals surface area contributed by atoms with Crippen molar-refractivity contribution in [3.8, 4) is 6.07 Å². The van der Waals surface area contributed by atoms with Gasteiger partial charge in [0.05, 0.1) is 11.7 Å². The number of nitriles is 1. The molecule has 1 aromatic rings. The van der Waals surface area contributed by atoms with Gasteiger partial charge in [-0.2, -0.15) is 5.26 Å². The van der Waals surface area contributed by atoms with Crippen molar-refractivity contribution in [3.05, 3.63) is 23.4 Å². The molecule has 0 amide bonds. The summed E-state index contributed by atoms with van der Waals surface area (Å²) in [7, 11) is 0. The first-order chi connectivity index (χ1) is 8.69. The van der Waals surface area contributed by atoms with Gasteiger partial charge in [-0.1, -0.05) is 0 Å². The molecule has 2 aliphatic rings. The highest BCUT2D eigenvalue weighted by molar-refractivity contribution is 5.55. The van der Waals surface area contributed by atoms with Crippen LogP contribution in [0, 0.1) is 30.1 Å². The second-order valence-electron chi connectivity index (χ2n) is 5.41. The van der Waals surface area contributed by atoms with Crippen LogP contribution in [0.15, 0.2) is 12.1 Å². The predicted octanol–water partition coefficient (Wildman–Crippen LogP) is 1.47. The lowest BCUT2D eigenvalue weighted by Gasteiger charge is -2.20. The third kappa shape index (κ3) is 1.75. The van der Waals surface area contributed by atoms with E-state index >= 15 is 0 Å². The molecule has 3 unspecified atom stereocenters. The molecule has 1 aliphatic carbocycles. The van der Waals surface area contributed by atoms with E-state index in [4.69, 9.17) is 5.26 Å². The Morgan fingerprint density at radius 2 is 2.22 bits per heavy atom. The number of hydrogen-bond donors (Lipinski definition) is 1. The zero-order valence-corrected chi connectivity index (χ0v) is 10.5. The van der Waals surface area contributed by atoms with Gasteiger partial charge >= 0.3 is 0 Å². The van der Waals surface area contributed by atoms with Crippen LogP contribution < -0.4 is 4.90 Å². The number of anilines is 1. The molecule has 0 radical (unpaired) electrons. The maximum Gasteiger partial charge on any atom is 0.146 e. The first kappa shape index (κ1) is 11.5. The highest BCUT2D eigenvalue weighted by Gasteiger charge is 2.42. The molecule has 18 heavy (non-hydrogen) atoms. The van der Waals surface area contributed by atoms with Crippen molar-refractivity contribution < 1.29 is 5.11 Å². The van der Waals surface area contributed by atoms with Crippen molar-refractivity contribution in [1.82, 2.24) is 4.98 Å². The van der Waals surface area contributed by atoms with E-state index in [9.17, 15) is 5.11 Å². The summed E-state index contributed by atoms with van der Waals surface area (Å²) in [6, 6.07) is 5.91. The Morgan fingerprint density at radius 1 is 1.39 bits per heavy atom. The van der Waals surface area contributed by atoms with E-state index in [0.29, 0.717) is 17.4 Å². The van der Waals surface area contributed by atoms with Crippen molar-refractivity contribution >= 4 is 5.82 Å². The largest absolute Gasteiger partial charge is 0.393 e. The van der Waals surface area contributed by atoms with E-state index in [1.54, 1.807) is 0 Å². The number of aromatic nitrogens is 1. The standard InChI is InChI=1S/C14H17N3O/c1-9-2-3-10(6-15)14(16-9)17-7-11-4-5-13(18)12(11)8-17/h2-3,11-13,18H,4-5,7-8H2,1H3. The molecule has 1 N–H and O–H groups in total. The van der Waals surface area contributed by atoms with Crippen LogP contribution in [-0.2, 0) is 0 Å². The quantitative estimate of drug-likeness (QED) is 0.811. The number of fused-ring (bicyclic) bond motifs is 1. The Balaban J connectivity index is 1.89. The molecular formula is C14H17N3O. The summed E-state index contributed by atoms with van der Waals surface area (Å²) in [5.74, 6) is 1.71. The third-order valence-corrected chi connectivity index (χ3v) is 4.25. The van der Waals surface area contributed by atoms with Crippen LogP contribution >= 0.6 is 0 Å². The molecule has 2 fully saturated rings. The SMILES string of the molecule is Cc1ccc(C#N)c(N2CC3CCC(O)C3C2)n1. The summed E-state index contributed by atoms with van der Waals surface area (Å²) in [6.45, 7) is 3.69. The molecule has 4 heteroatoms. The average molecular weight is 243 g/mol. The fourth-order valence-corrected chi connectivity index (χ4v) is 3.28. The van der Waals surface area contributed by atoms with E-state index < -0.39 is 0 Å². The fraction of sp³-hybridized carbons (Fsp3) is 0.571. The smallest absolute Gasteiger partial charge is 0.146 e. The number of aryl methyl sites for hydroxylation is 1. The maximum absolute atomic E-state index is 9.93. The first-order valence-electron chi connectivity index (χ1n) is 6.50. The minimum absolute atomic E-state index is 0.171. The molecular weight excluding hydrogens is 226 g/mol. The highest BCUT2D eigenvalue weighted by atomic mass is 16.3. The second kappa shape index (κ2) is 4.25. The number of aliphatic hydroxyl groups excluding tert-OH is 1. The van der Waals surface area contributed by atoms with Crippen molar-refractivity contribution in [2.24, 2.45) is 11.8 Å². The van der Waals surface area contributed by atoms with Crippen LogP contribution in [0.1, 0.15) is 24.1 Å². The summed E-state index contributed by atoms with van der Waals surface area (Å²) in [5.41, 5.74) is 1.57. The molecule has 1 saturated carbocycles. The Kier molecular flexibility index (Phi) is 2.71. The zero-order chi connectivity index (χ0) is 12.7. The van der Waals surface area contributed by atoms with Gasteiger partial charge < -0.3 is 10.0 Å². The minimum Gasteiger partial charge on any atom is -0.393 e. The van der Waals surface area contributed by atoms with Crippen LogP contribution in [0.25, 0.3) is 0 Å². The fourth-order valence-electron chi connectivity index (χ4n) is 3.28. The average Bonchev–Trinajstić information content (AvgIpc) is 2.92. The van der Waals surface area contributed by atoms with Crippen LogP contribution in [0.5, 0.6) is 0 Å². The molecule has 1 saturated heterocycles. The predicted molar refractivity (Wildman–Crippen MR) is 68.1 cm³/mol. The van der Waals surface area contributed by atoms with Crippen LogP contribution in [0.3, 0.4) is 0 Å². The highest BCUT2D eigenvalue weighted by Crippen LogP contribution is 2.40. The van der Waals surface area contributed by atoms with Gasteiger partial charge in [0, 0.05) is 24.7 Å². The minimum atomic E-state index is -0.171. The van der Waals surface area contributed by atoms with Crippen LogP contribution in [0.2, 0.25) is 0 Å². The number of aliphatic hydroxyl groups is 1. The monoisotopic (exact) mass is 243 g/mol. The van der Waals surface area contributed by atoms with Gasteiger partial charge in [0.25, 0.3) is 0 Å². The van der Waals surface area contributed by atoms with Crippen molar-refractivity contribution in [2.75, 3.05) is 18.0 Å². The summed E-state index contributed by atoms with van der Waals surface area (Å²) < 4.78 is 0. The molecule has 1 aliphatic heterocycles. The Bertz CT molecular complexity index is 508. The van der Waals surface area contributed by atoms with Gasteiger partial charge in [-0.15, -0.1) is 0 Å². The van der Waals surface area contributed by atoms with Gasteiger partial charge in [-0.25, -0.2) is 4.98 Å². The lowest BCUT2D eigenvalue weighted by molar-refractivity contribution is 0.133. The molecule has 0 bridgehead atoms. The first-order valence-corrected chi connectivity index (χ1v) is 6.50. The normalized spacial score (nSPS) is 30.3. The number of pyridine rings is 1. The molecule has 3 rings (SSSR count). The lowest BCUT2D eigenvalue weighted by Crippen LogP contribution is -2.26. The number of rotatable bonds is 1. The summed E-state index contributed by atoms with van der Waals surface area (Å²) >= 11 is 0. The Morgan fingerprint density at radius 3 is 2.94 bits per heavy atom. The third-order valence-electron chi connectivity index (χ3n) is 4.25. The zero-order valence-electron chi connectivity index (χ0n) is 10.5. The van der Waals surface area contributed by atoms with Crippen LogP contribution in [-0.4, -0.2) is 29.3 Å². The van der Waals surface area contributed by atoms with Gasteiger partial charge in [0.2, 0.25) is 0 Å². The molecule has 0 aromatic carbocycles. The Hall–Kier alpha value is -1.60. The van der Waals surface area contributed by atoms with Crippen LogP contribution in [0.4, 0.5) is 5.82 Å². The second-order valence-corrected chi connectivity index (χ2v) is 5.41. The van der Waals surface area contributed by atoms with E-state index in [1.165, 1.54) is 0 Å². The maximum atomic E-state index is 9.93. The Labute approximate surface area is 107 Å². The van der Waals surface area contributed by atoms with Gasteiger partial charge in [0.1, 0.15) is 11.9 Å². The molecule has 94 valence electrons. The summed E-state index contributed by atoms with van der Waals surface area (Å²) in [6.07, 6.45) is 1.85. The van der Waals surface area contributed by atoms with Crippen molar-refractivity contribution in [2.45, 2.75) is 25.9 Å². The van der Waals surface area contributed by atoms with E-state index in [-0.39, 0.29) is 6.10 Å². The van der Waals surface area contributed by atoms with Crippen molar-refractivity contribution in [3.63, 3.8) is 0 Å². The lowest BCUT2D eigenvalue weighted by atomic mass is 10.00. The van der Waals surface area contributed by atoms with Gasteiger partial charge in [-0.3, -0.25) is 0 Å². The summed E-state index contributed by atoms with van der Waals surface area (Å²) in [4.78, 5) is 6.67. The van der Waals surface area contributed by atoms with E-state index in [2.05, 4.69) is 16.0 Å². The number of nitrogens with zero attached hydrogens (tertiary/aromatic N) is 3. The van der Waals surface area contributed by atoms with E-state index in [0.717, 1.165) is 37.4 Å². The molecule has 4 nitrogen and oxygen atoms in total.